The molecule has 0 aliphatic carbocycles. The van der Waals surface area contributed by atoms with E-state index in [9.17, 15) is 8.78 Å². The van der Waals surface area contributed by atoms with Crippen molar-refractivity contribution in [1.29, 1.82) is 0 Å². The van der Waals surface area contributed by atoms with E-state index in [-0.39, 0.29) is 5.69 Å². The van der Waals surface area contributed by atoms with E-state index in [1.54, 1.807) is 43.4 Å². The number of aromatic nitrogens is 2. The number of anilines is 3. The molecule has 2 aromatic heterocycles. The van der Waals surface area contributed by atoms with Crippen molar-refractivity contribution in [1.82, 2.24) is 9.97 Å². The summed E-state index contributed by atoms with van der Waals surface area (Å²) in [5.74, 6) is -1.75. The highest BCUT2D eigenvalue weighted by atomic mass is 19.2. The standard InChI is InChI=1S/C16H17F2N5/c1-22(2)16-13(7-6-10(17)14(16)18)23(3)21-12-9-20-11-5-4-8-19-15(11)12/h4-9,20-21H,1-3H3. The molecular formula is C16H17F2N5. The van der Waals surface area contributed by atoms with Gasteiger partial charge in [0.1, 0.15) is 11.2 Å². The third-order valence-electron chi connectivity index (χ3n) is 3.58. The minimum Gasteiger partial charge on any atom is -0.373 e. The summed E-state index contributed by atoms with van der Waals surface area (Å²) in [5, 5.41) is 1.63. The predicted octanol–water partition coefficient (Wildman–Crippen LogP) is 3.37. The Hall–Kier alpha value is -2.83. The summed E-state index contributed by atoms with van der Waals surface area (Å²) in [6.45, 7) is 0. The molecular weight excluding hydrogens is 300 g/mol. The van der Waals surface area contributed by atoms with Gasteiger partial charge in [-0.3, -0.25) is 15.4 Å². The minimum absolute atomic E-state index is 0.174. The largest absolute Gasteiger partial charge is 0.373 e. The number of nitrogens with zero attached hydrogens (tertiary/aromatic N) is 3. The molecule has 3 rings (SSSR count). The van der Waals surface area contributed by atoms with E-state index in [2.05, 4.69) is 15.4 Å². The van der Waals surface area contributed by atoms with Gasteiger partial charge in [-0.25, -0.2) is 8.78 Å². The molecule has 2 N–H and O–H groups in total. The van der Waals surface area contributed by atoms with Crippen LogP contribution in [0.5, 0.6) is 0 Å². The van der Waals surface area contributed by atoms with Gasteiger partial charge in [-0.2, -0.15) is 0 Å². The molecule has 0 spiro atoms. The summed E-state index contributed by atoms with van der Waals surface area (Å²) in [6.07, 6.45) is 3.48. The molecule has 1 aromatic carbocycles. The number of pyridine rings is 1. The lowest BCUT2D eigenvalue weighted by Crippen LogP contribution is -2.27. The lowest BCUT2D eigenvalue weighted by atomic mass is 10.2. The van der Waals surface area contributed by atoms with Crippen molar-refractivity contribution in [2.45, 2.75) is 0 Å². The first-order valence-corrected chi connectivity index (χ1v) is 7.07. The Morgan fingerprint density at radius 1 is 1.13 bits per heavy atom. The number of nitrogens with one attached hydrogen (secondary N) is 2. The molecule has 3 aromatic rings. The van der Waals surface area contributed by atoms with Gasteiger partial charge < -0.3 is 9.88 Å². The van der Waals surface area contributed by atoms with Crippen molar-refractivity contribution < 1.29 is 8.78 Å². The molecule has 7 heteroatoms. The van der Waals surface area contributed by atoms with Gasteiger partial charge in [-0.05, 0) is 24.3 Å². The second kappa shape index (κ2) is 5.75. The van der Waals surface area contributed by atoms with Crippen LogP contribution >= 0.6 is 0 Å². The highest BCUT2D eigenvalue weighted by molar-refractivity contribution is 5.89. The number of fused-ring (bicyclic) bond motifs is 1. The van der Waals surface area contributed by atoms with Crippen LogP contribution in [-0.2, 0) is 0 Å². The number of halogens is 2. The van der Waals surface area contributed by atoms with Gasteiger partial charge in [-0.1, -0.05) is 0 Å². The number of hydrazine groups is 1. The summed E-state index contributed by atoms with van der Waals surface area (Å²) in [4.78, 5) is 8.96. The molecule has 0 aliphatic rings. The van der Waals surface area contributed by atoms with Crippen molar-refractivity contribution in [3.8, 4) is 0 Å². The lowest BCUT2D eigenvalue weighted by molar-refractivity contribution is 0.509. The molecule has 0 unspecified atom stereocenters. The average molecular weight is 317 g/mol. The zero-order valence-corrected chi connectivity index (χ0v) is 13.1. The van der Waals surface area contributed by atoms with Crippen LogP contribution in [0.25, 0.3) is 11.0 Å². The van der Waals surface area contributed by atoms with Crippen molar-refractivity contribution in [2.24, 2.45) is 0 Å². The van der Waals surface area contributed by atoms with E-state index in [4.69, 9.17) is 0 Å². The molecule has 23 heavy (non-hydrogen) atoms. The van der Waals surface area contributed by atoms with E-state index in [0.717, 1.165) is 22.8 Å². The number of rotatable bonds is 4. The van der Waals surface area contributed by atoms with Gasteiger partial charge in [-0.15, -0.1) is 0 Å². The van der Waals surface area contributed by atoms with Crippen LogP contribution in [0, 0.1) is 11.6 Å². The molecule has 0 bridgehead atoms. The summed E-state index contributed by atoms with van der Waals surface area (Å²) >= 11 is 0. The molecule has 0 radical (unpaired) electrons. The van der Waals surface area contributed by atoms with Crippen LogP contribution in [0.3, 0.4) is 0 Å². The molecule has 0 aliphatic heterocycles. The zero-order valence-electron chi connectivity index (χ0n) is 13.1. The molecule has 0 saturated heterocycles. The molecule has 120 valence electrons. The summed E-state index contributed by atoms with van der Waals surface area (Å²) in [7, 11) is 5.08. The quantitative estimate of drug-likeness (QED) is 0.724. The summed E-state index contributed by atoms with van der Waals surface area (Å²) in [5.41, 5.74) is 6.24. The van der Waals surface area contributed by atoms with Crippen LogP contribution in [0.2, 0.25) is 0 Å². The molecule has 2 heterocycles. The highest BCUT2D eigenvalue weighted by Gasteiger charge is 2.18. The fraction of sp³-hybridized carbons (Fsp3) is 0.188. The molecule has 0 saturated carbocycles. The van der Waals surface area contributed by atoms with Gasteiger partial charge in [0, 0.05) is 33.5 Å². The van der Waals surface area contributed by atoms with Crippen LogP contribution in [-0.4, -0.2) is 31.1 Å². The first-order chi connectivity index (χ1) is 11.0. The van der Waals surface area contributed by atoms with E-state index in [0.29, 0.717) is 5.69 Å². The maximum absolute atomic E-state index is 14.1. The van der Waals surface area contributed by atoms with E-state index >= 15 is 0 Å². The monoisotopic (exact) mass is 317 g/mol. The highest BCUT2D eigenvalue weighted by Crippen LogP contribution is 2.32. The Kier molecular flexibility index (Phi) is 3.77. The van der Waals surface area contributed by atoms with Gasteiger partial charge >= 0.3 is 0 Å². The number of aromatic amines is 1. The third-order valence-corrected chi connectivity index (χ3v) is 3.58. The summed E-state index contributed by atoms with van der Waals surface area (Å²) < 4.78 is 27.6. The van der Waals surface area contributed by atoms with E-state index < -0.39 is 11.6 Å². The van der Waals surface area contributed by atoms with Gasteiger partial charge in [0.15, 0.2) is 11.6 Å². The van der Waals surface area contributed by atoms with E-state index in [1.165, 1.54) is 6.07 Å². The molecule has 5 nitrogen and oxygen atoms in total. The van der Waals surface area contributed by atoms with Crippen molar-refractivity contribution in [2.75, 3.05) is 36.5 Å². The number of hydrogen-bond donors (Lipinski definition) is 2. The van der Waals surface area contributed by atoms with Gasteiger partial charge in [0.05, 0.1) is 16.9 Å². The van der Waals surface area contributed by atoms with Crippen LogP contribution < -0.4 is 15.3 Å². The molecule has 0 atom stereocenters. The van der Waals surface area contributed by atoms with Crippen LogP contribution in [0.4, 0.5) is 25.8 Å². The van der Waals surface area contributed by atoms with Crippen LogP contribution in [0.1, 0.15) is 0 Å². The van der Waals surface area contributed by atoms with Crippen LogP contribution in [0.15, 0.2) is 36.7 Å². The van der Waals surface area contributed by atoms with Crippen molar-refractivity contribution >= 4 is 28.1 Å². The van der Waals surface area contributed by atoms with Gasteiger partial charge in [0.25, 0.3) is 0 Å². The van der Waals surface area contributed by atoms with Gasteiger partial charge in [0.2, 0.25) is 0 Å². The average Bonchev–Trinajstić information content (AvgIpc) is 2.92. The second-order valence-corrected chi connectivity index (χ2v) is 5.40. The predicted molar refractivity (Wildman–Crippen MR) is 88.8 cm³/mol. The maximum atomic E-state index is 14.1. The first-order valence-electron chi connectivity index (χ1n) is 7.07. The maximum Gasteiger partial charge on any atom is 0.184 e. The van der Waals surface area contributed by atoms with Crippen molar-refractivity contribution in [3.05, 3.63) is 48.3 Å². The normalized spacial score (nSPS) is 10.8. The Morgan fingerprint density at radius 2 is 1.91 bits per heavy atom. The number of H-pyrrole nitrogens is 1. The number of hydrogen-bond acceptors (Lipinski definition) is 4. The Balaban J connectivity index is 1.98. The Bertz CT molecular complexity index is 844. The smallest absolute Gasteiger partial charge is 0.184 e. The zero-order chi connectivity index (χ0) is 16.6. The molecule has 0 amide bonds. The topological polar surface area (TPSA) is 47.2 Å². The molecule has 0 fully saturated rings. The van der Waals surface area contributed by atoms with Crippen molar-refractivity contribution in [3.63, 3.8) is 0 Å². The first kappa shape index (κ1) is 15.1. The Labute approximate surface area is 132 Å². The van der Waals surface area contributed by atoms with E-state index in [1.807, 2.05) is 12.1 Å². The third kappa shape index (κ3) is 2.65. The Morgan fingerprint density at radius 3 is 2.65 bits per heavy atom. The lowest BCUT2D eigenvalue weighted by Gasteiger charge is -2.27. The fourth-order valence-corrected chi connectivity index (χ4v) is 2.51. The minimum atomic E-state index is -0.877. The second-order valence-electron chi connectivity index (χ2n) is 5.40. The summed E-state index contributed by atoms with van der Waals surface area (Å²) in [6, 6.07) is 6.40. The number of benzene rings is 1. The SMILES string of the molecule is CN(C)c1c(N(C)Nc2c[nH]c3cccnc23)ccc(F)c1F. The fourth-order valence-electron chi connectivity index (χ4n) is 2.51.